The molecule has 0 aliphatic heterocycles. The van der Waals surface area contributed by atoms with Crippen molar-refractivity contribution in [3.8, 4) is 0 Å². The standard InChI is InChI=1S/C14H15BrO/c15-13-7-4-5-11(10-13)9-12-6-2-1-3-8-14(12)16/h4-5,7,9-10H,1-3,6,8H2/b12-9+. The summed E-state index contributed by atoms with van der Waals surface area (Å²) in [5, 5.41) is 0. The van der Waals surface area contributed by atoms with Gasteiger partial charge >= 0.3 is 0 Å². The number of allylic oxidation sites excluding steroid dienone is 1. The SMILES string of the molecule is O=C1CCCCC/C1=C\c1cccc(Br)c1. The van der Waals surface area contributed by atoms with Gasteiger partial charge in [0.15, 0.2) is 5.78 Å². The van der Waals surface area contributed by atoms with Gasteiger partial charge in [-0.05, 0) is 48.6 Å². The smallest absolute Gasteiger partial charge is 0.158 e. The van der Waals surface area contributed by atoms with E-state index >= 15 is 0 Å². The van der Waals surface area contributed by atoms with Gasteiger partial charge in [-0.3, -0.25) is 4.79 Å². The van der Waals surface area contributed by atoms with Gasteiger partial charge in [-0.1, -0.05) is 34.5 Å². The zero-order valence-corrected chi connectivity index (χ0v) is 10.8. The average Bonchev–Trinajstić information content (AvgIpc) is 2.45. The van der Waals surface area contributed by atoms with E-state index in [0.717, 1.165) is 41.3 Å². The van der Waals surface area contributed by atoms with Crippen molar-refractivity contribution in [1.29, 1.82) is 0 Å². The molecule has 1 nitrogen and oxygen atoms in total. The first-order chi connectivity index (χ1) is 7.75. The minimum atomic E-state index is 0.331. The first-order valence-corrected chi connectivity index (χ1v) is 6.54. The van der Waals surface area contributed by atoms with E-state index in [2.05, 4.69) is 15.9 Å². The third kappa shape index (κ3) is 3.05. The Labute approximate surface area is 105 Å². The predicted octanol–water partition coefficient (Wildman–Crippen LogP) is 4.37. The van der Waals surface area contributed by atoms with E-state index in [4.69, 9.17) is 0 Å². The van der Waals surface area contributed by atoms with E-state index in [0.29, 0.717) is 5.78 Å². The minimum absolute atomic E-state index is 0.331. The molecular weight excluding hydrogens is 264 g/mol. The lowest BCUT2D eigenvalue weighted by Crippen LogP contribution is -1.99. The second-order valence-electron chi connectivity index (χ2n) is 4.21. The van der Waals surface area contributed by atoms with Crippen molar-refractivity contribution >= 4 is 27.8 Å². The van der Waals surface area contributed by atoms with Gasteiger partial charge in [-0.15, -0.1) is 0 Å². The Bertz CT molecular complexity index is 420. The van der Waals surface area contributed by atoms with Crippen LogP contribution in [0.25, 0.3) is 6.08 Å². The number of Topliss-reactive ketones (excluding diaryl/α,β-unsaturated/α-hetero) is 1. The number of carbonyl (C=O) groups excluding carboxylic acids is 1. The van der Waals surface area contributed by atoms with Gasteiger partial charge < -0.3 is 0 Å². The van der Waals surface area contributed by atoms with Gasteiger partial charge in [0.25, 0.3) is 0 Å². The fourth-order valence-electron chi connectivity index (χ4n) is 2.03. The fourth-order valence-corrected chi connectivity index (χ4v) is 2.44. The van der Waals surface area contributed by atoms with Crippen LogP contribution in [0.5, 0.6) is 0 Å². The summed E-state index contributed by atoms with van der Waals surface area (Å²) < 4.78 is 1.06. The third-order valence-corrected chi connectivity index (χ3v) is 3.39. The summed E-state index contributed by atoms with van der Waals surface area (Å²) in [6.07, 6.45) is 7.07. The van der Waals surface area contributed by atoms with Crippen LogP contribution in [0, 0.1) is 0 Å². The molecule has 0 saturated heterocycles. The average molecular weight is 279 g/mol. The molecule has 0 amide bonds. The zero-order chi connectivity index (χ0) is 11.4. The summed E-state index contributed by atoms with van der Waals surface area (Å²) in [6, 6.07) is 8.08. The zero-order valence-electron chi connectivity index (χ0n) is 9.21. The highest BCUT2D eigenvalue weighted by atomic mass is 79.9. The quantitative estimate of drug-likeness (QED) is 0.551. The van der Waals surface area contributed by atoms with E-state index in [1.165, 1.54) is 6.42 Å². The van der Waals surface area contributed by atoms with E-state index in [-0.39, 0.29) is 0 Å². The first-order valence-electron chi connectivity index (χ1n) is 5.75. The summed E-state index contributed by atoms with van der Waals surface area (Å²) in [5.41, 5.74) is 2.11. The second kappa shape index (κ2) is 5.44. The van der Waals surface area contributed by atoms with Crippen LogP contribution in [0.3, 0.4) is 0 Å². The summed E-state index contributed by atoms with van der Waals surface area (Å²) in [7, 11) is 0. The van der Waals surface area contributed by atoms with Crippen LogP contribution >= 0.6 is 15.9 Å². The number of hydrogen-bond acceptors (Lipinski definition) is 1. The topological polar surface area (TPSA) is 17.1 Å². The van der Waals surface area contributed by atoms with Crippen molar-refractivity contribution in [3.05, 3.63) is 39.9 Å². The van der Waals surface area contributed by atoms with Gasteiger partial charge in [0.1, 0.15) is 0 Å². The Morgan fingerprint density at radius 2 is 1.94 bits per heavy atom. The molecule has 0 bridgehead atoms. The van der Waals surface area contributed by atoms with Crippen molar-refractivity contribution in [2.24, 2.45) is 0 Å². The normalized spacial score (nSPS) is 19.8. The lowest BCUT2D eigenvalue weighted by Gasteiger charge is -2.02. The molecule has 0 spiro atoms. The van der Waals surface area contributed by atoms with Crippen molar-refractivity contribution in [3.63, 3.8) is 0 Å². The predicted molar refractivity (Wildman–Crippen MR) is 70.2 cm³/mol. The molecule has 1 saturated carbocycles. The van der Waals surface area contributed by atoms with Crippen molar-refractivity contribution in [1.82, 2.24) is 0 Å². The van der Waals surface area contributed by atoms with Gasteiger partial charge in [0, 0.05) is 10.9 Å². The monoisotopic (exact) mass is 278 g/mol. The molecule has 2 heteroatoms. The van der Waals surface area contributed by atoms with Crippen LogP contribution < -0.4 is 0 Å². The van der Waals surface area contributed by atoms with Gasteiger partial charge in [-0.25, -0.2) is 0 Å². The number of carbonyl (C=O) groups is 1. The lowest BCUT2D eigenvalue weighted by atomic mass is 10.0. The van der Waals surface area contributed by atoms with E-state index in [1.807, 2.05) is 30.3 Å². The Hall–Kier alpha value is -0.890. The second-order valence-corrected chi connectivity index (χ2v) is 5.12. The maximum atomic E-state index is 11.8. The molecule has 84 valence electrons. The maximum absolute atomic E-state index is 11.8. The number of hydrogen-bond donors (Lipinski definition) is 0. The van der Waals surface area contributed by atoms with Crippen molar-refractivity contribution in [2.45, 2.75) is 32.1 Å². The summed E-state index contributed by atoms with van der Waals surface area (Å²) in [5.74, 6) is 0.331. The van der Waals surface area contributed by atoms with E-state index in [1.54, 1.807) is 0 Å². The summed E-state index contributed by atoms with van der Waals surface area (Å²) in [4.78, 5) is 11.8. The molecule has 1 aliphatic carbocycles. The molecule has 1 aromatic carbocycles. The molecule has 1 fully saturated rings. The summed E-state index contributed by atoms with van der Waals surface area (Å²) >= 11 is 3.44. The Morgan fingerprint density at radius 3 is 2.75 bits per heavy atom. The highest BCUT2D eigenvalue weighted by molar-refractivity contribution is 9.10. The molecular formula is C14H15BrO. The van der Waals surface area contributed by atoms with Gasteiger partial charge in [0.05, 0.1) is 0 Å². The molecule has 1 aliphatic rings. The maximum Gasteiger partial charge on any atom is 0.158 e. The molecule has 0 atom stereocenters. The largest absolute Gasteiger partial charge is 0.295 e. The van der Waals surface area contributed by atoms with E-state index < -0.39 is 0 Å². The van der Waals surface area contributed by atoms with Crippen LogP contribution in [-0.2, 0) is 4.79 Å². The summed E-state index contributed by atoms with van der Waals surface area (Å²) in [6.45, 7) is 0. The van der Waals surface area contributed by atoms with Crippen molar-refractivity contribution < 1.29 is 4.79 Å². The first kappa shape index (κ1) is 11.6. The number of benzene rings is 1. The van der Waals surface area contributed by atoms with Crippen LogP contribution in [0.1, 0.15) is 37.7 Å². The van der Waals surface area contributed by atoms with Crippen molar-refractivity contribution in [2.75, 3.05) is 0 Å². The highest BCUT2D eigenvalue weighted by Gasteiger charge is 2.12. The lowest BCUT2D eigenvalue weighted by molar-refractivity contribution is -0.115. The number of halogens is 1. The number of ketones is 1. The van der Waals surface area contributed by atoms with Crippen LogP contribution in [0.4, 0.5) is 0 Å². The molecule has 2 rings (SSSR count). The van der Waals surface area contributed by atoms with Gasteiger partial charge in [0.2, 0.25) is 0 Å². The molecule has 0 aromatic heterocycles. The molecule has 16 heavy (non-hydrogen) atoms. The molecule has 0 unspecified atom stereocenters. The molecule has 0 heterocycles. The Kier molecular flexibility index (Phi) is 3.94. The fraction of sp³-hybridized carbons (Fsp3) is 0.357. The van der Waals surface area contributed by atoms with Crippen LogP contribution in [-0.4, -0.2) is 5.78 Å². The minimum Gasteiger partial charge on any atom is -0.295 e. The van der Waals surface area contributed by atoms with Gasteiger partial charge in [-0.2, -0.15) is 0 Å². The Balaban J connectivity index is 2.24. The molecule has 0 radical (unpaired) electrons. The highest BCUT2D eigenvalue weighted by Crippen LogP contribution is 2.22. The molecule has 0 N–H and O–H groups in total. The van der Waals surface area contributed by atoms with Crippen LogP contribution in [0.15, 0.2) is 34.3 Å². The Morgan fingerprint density at radius 1 is 1.12 bits per heavy atom. The number of rotatable bonds is 1. The van der Waals surface area contributed by atoms with Crippen LogP contribution in [0.2, 0.25) is 0 Å². The molecule has 1 aromatic rings. The van der Waals surface area contributed by atoms with E-state index in [9.17, 15) is 4.79 Å². The third-order valence-electron chi connectivity index (χ3n) is 2.90.